The molecular formula is C16H16BrClO2. The zero-order chi connectivity index (χ0) is 14.5. The summed E-state index contributed by atoms with van der Waals surface area (Å²) in [4.78, 5) is 0. The van der Waals surface area contributed by atoms with Crippen LogP contribution in [0.2, 0.25) is 5.02 Å². The SMILES string of the molecule is CC(C)Oc1c(Br)ccc(OCc2ccccc2)c1Cl. The quantitative estimate of drug-likeness (QED) is 0.708. The summed E-state index contributed by atoms with van der Waals surface area (Å²) in [6, 6.07) is 13.7. The zero-order valence-electron chi connectivity index (χ0n) is 11.4. The van der Waals surface area contributed by atoms with Gasteiger partial charge in [-0.15, -0.1) is 0 Å². The molecule has 0 radical (unpaired) electrons. The van der Waals surface area contributed by atoms with Gasteiger partial charge in [-0.25, -0.2) is 0 Å². The Balaban J connectivity index is 2.16. The van der Waals surface area contributed by atoms with Gasteiger partial charge in [0.1, 0.15) is 17.4 Å². The highest BCUT2D eigenvalue weighted by atomic mass is 79.9. The maximum Gasteiger partial charge on any atom is 0.156 e. The van der Waals surface area contributed by atoms with Crippen molar-refractivity contribution in [1.82, 2.24) is 0 Å². The van der Waals surface area contributed by atoms with Gasteiger partial charge >= 0.3 is 0 Å². The van der Waals surface area contributed by atoms with Crippen molar-refractivity contribution in [3.8, 4) is 11.5 Å². The molecule has 0 amide bonds. The van der Waals surface area contributed by atoms with Crippen molar-refractivity contribution in [3.05, 3.63) is 57.5 Å². The summed E-state index contributed by atoms with van der Waals surface area (Å²) < 4.78 is 12.3. The van der Waals surface area contributed by atoms with Gasteiger partial charge in [0, 0.05) is 0 Å². The maximum absolute atomic E-state index is 6.34. The fraction of sp³-hybridized carbons (Fsp3) is 0.250. The Hall–Kier alpha value is -1.19. The van der Waals surface area contributed by atoms with Crippen LogP contribution in [-0.2, 0) is 6.61 Å². The number of ether oxygens (including phenoxy) is 2. The molecule has 106 valence electrons. The lowest BCUT2D eigenvalue weighted by molar-refractivity contribution is 0.238. The molecule has 0 aliphatic heterocycles. The first-order valence-corrected chi connectivity index (χ1v) is 7.56. The third-order valence-electron chi connectivity index (χ3n) is 2.60. The molecule has 2 aromatic carbocycles. The van der Waals surface area contributed by atoms with E-state index in [9.17, 15) is 0 Å². The fourth-order valence-corrected chi connectivity index (χ4v) is 2.51. The Morgan fingerprint density at radius 2 is 1.80 bits per heavy atom. The molecule has 0 aliphatic carbocycles. The monoisotopic (exact) mass is 354 g/mol. The highest BCUT2D eigenvalue weighted by Gasteiger charge is 2.14. The molecule has 0 heterocycles. The van der Waals surface area contributed by atoms with Crippen molar-refractivity contribution >= 4 is 27.5 Å². The highest BCUT2D eigenvalue weighted by molar-refractivity contribution is 9.10. The molecule has 0 spiro atoms. The van der Waals surface area contributed by atoms with Gasteiger partial charge in [0.15, 0.2) is 5.75 Å². The highest BCUT2D eigenvalue weighted by Crippen LogP contribution is 2.40. The number of hydrogen-bond acceptors (Lipinski definition) is 2. The van der Waals surface area contributed by atoms with E-state index in [4.69, 9.17) is 21.1 Å². The summed E-state index contributed by atoms with van der Waals surface area (Å²) in [5.41, 5.74) is 1.10. The predicted molar refractivity (Wildman–Crippen MR) is 85.7 cm³/mol. The van der Waals surface area contributed by atoms with Crippen LogP contribution in [0.1, 0.15) is 19.4 Å². The van der Waals surface area contributed by atoms with Crippen LogP contribution < -0.4 is 9.47 Å². The van der Waals surface area contributed by atoms with E-state index in [-0.39, 0.29) is 6.10 Å². The Bertz CT molecular complexity index is 570. The number of halogens is 2. The van der Waals surface area contributed by atoms with Gasteiger partial charge in [-0.05, 0) is 47.5 Å². The standard InChI is InChI=1S/C16H16BrClO2/c1-11(2)20-16-13(17)8-9-14(15(16)18)19-10-12-6-4-3-5-7-12/h3-9,11H,10H2,1-2H3. The van der Waals surface area contributed by atoms with Gasteiger partial charge in [-0.3, -0.25) is 0 Å². The molecule has 0 N–H and O–H groups in total. The first kappa shape index (κ1) is 15.2. The second kappa shape index (κ2) is 7.00. The molecular weight excluding hydrogens is 340 g/mol. The molecule has 0 aromatic heterocycles. The molecule has 0 atom stereocenters. The van der Waals surface area contributed by atoms with E-state index in [0.717, 1.165) is 10.0 Å². The molecule has 20 heavy (non-hydrogen) atoms. The van der Waals surface area contributed by atoms with E-state index in [1.807, 2.05) is 56.3 Å². The van der Waals surface area contributed by atoms with Gasteiger partial charge < -0.3 is 9.47 Å². The van der Waals surface area contributed by atoms with Crippen molar-refractivity contribution in [2.24, 2.45) is 0 Å². The number of hydrogen-bond donors (Lipinski definition) is 0. The van der Waals surface area contributed by atoms with E-state index in [1.54, 1.807) is 0 Å². The minimum Gasteiger partial charge on any atom is -0.488 e. The van der Waals surface area contributed by atoms with E-state index in [2.05, 4.69) is 15.9 Å². The first-order chi connectivity index (χ1) is 9.58. The lowest BCUT2D eigenvalue weighted by Gasteiger charge is -2.16. The second-order valence-corrected chi connectivity index (χ2v) is 5.86. The maximum atomic E-state index is 6.34. The molecule has 0 bridgehead atoms. The van der Waals surface area contributed by atoms with Crippen molar-refractivity contribution in [3.63, 3.8) is 0 Å². The van der Waals surface area contributed by atoms with Gasteiger partial charge in [0.25, 0.3) is 0 Å². The Morgan fingerprint density at radius 1 is 1.10 bits per heavy atom. The fourth-order valence-electron chi connectivity index (χ4n) is 1.70. The molecule has 2 rings (SSSR count). The van der Waals surface area contributed by atoms with E-state index in [0.29, 0.717) is 23.1 Å². The molecule has 0 fully saturated rings. The zero-order valence-corrected chi connectivity index (χ0v) is 13.7. The third kappa shape index (κ3) is 3.90. The predicted octanol–water partition coefficient (Wildman–Crippen LogP) is 5.47. The van der Waals surface area contributed by atoms with Gasteiger partial charge in [-0.2, -0.15) is 0 Å². The lowest BCUT2D eigenvalue weighted by atomic mass is 10.2. The average molecular weight is 356 g/mol. The normalized spacial score (nSPS) is 10.7. The van der Waals surface area contributed by atoms with Gasteiger partial charge in [0.05, 0.1) is 10.6 Å². The van der Waals surface area contributed by atoms with Crippen molar-refractivity contribution in [2.75, 3.05) is 0 Å². The Morgan fingerprint density at radius 3 is 2.45 bits per heavy atom. The van der Waals surface area contributed by atoms with Crippen LogP contribution in [0.15, 0.2) is 46.9 Å². The largest absolute Gasteiger partial charge is 0.488 e. The Labute approximate surface area is 132 Å². The van der Waals surface area contributed by atoms with E-state index < -0.39 is 0 Å². The number of benzene rings is 2. The summed E-state index contributed by atoms with van der Waals surface area (Å²) in [5, 5.41) is 0.490. The summed E-state index contributed by atoms with van der Waals surface area (Å²) in [6.45, 7) is 4.39. The van der Waals surface area contributed by atoms with E-state index >= 15 is 0 Å². The first-order valence-electron chi connectivity index (χ1n) is 6.39. The lowest BCUT2D eigenvalue weighted by Crippen LogP contribution is -2.07. The molecule has 0 unspecified atom stereocenters. The van der Waals surface area contributed by atoms with Crippen LogP contribution in [0.25, 0.3) is 0 Å². The van der Waals surface area contributed by atoms with Crippen molar-refractivity contribution < 1.29 is 9.47 Å². The van der Waals surface area contributed by atoms with Crippen LogP contribution in [0, 0.1) is 0 Å². The third-order valence-corrected chi connectivity index (χ3v) is 3.59. The molecule has 4 heteroatoms. The van der Waals surface area contributed by atoms with E-state index in [1.165, 1.54) is 0 Å². The number of rotatable bonds is 5. The Kier molecular flexibility index (Phi) is 5.32. The van der Waals surface area contributed by atoms with Crippen LogP contribution in [0.5, 0.6) is 11.5 Å². The average Bonchev–Trinajstić information content (AvgIpc) is 2.43. The smallest absolute Gasteiger partial charge is 0.156 e. The summed E-state index contributed by atoms with van der Waals surface area (Å²) in [7, 11) is 0. The molecule has 2 aromatic rings. The molecule has 2 nitrogen and oxygen atoms in total. The molecule has 0 saturated carbocycles. The second-order valence-electron chi connectivity index (χ2n) is 4.63. The minimum atomic E-state index is 0.0492. The molecule has 0 saturated heterocycles. The summed E-state index contributed by atoms with van der Waals surface area (Å²) in [5.74, 6) is 1.24. The van der Waals surface area contributed by atoms with Crippen molar-refractivity contribution in [2.45, 2.75) is 26.6 Å². The van der Waals surface area contributed by atoms with Gasteiger partial charge in [-0.1, -0.05) is 41.9 Å². The summed E-state index contributed by atoms with van der Waals surface area (Å²) >= 11 is 9.79. The van der Waals surface area contributed by atoms with Crippen LogP contribution in [0.3, 0.4) is 0 Å². The molecule has 0 aliphatic rings. The van der Waals surface area contributed by atoms with Crippen molar-refractivity contribution in [1.29, 1.82) is 0 Å². The van der Waals surface area contributed by atoms with Crippen LogP contribution >= 0.6 is 27.5 Å². The van der Waals surface area contributed by atoms with Crippen LogP contribution in [-0.4, -0.2) is 6.10 Å². The van der Waals surface area contributed by atoms with Gasteiger partial charge in [0.2, 0.25) is 0 Å². The summed E-state index contributed by atoms with van der Waals surface area (Å²) in [6.07, 6.45) is 0.0492. The van der Waals surface area contributed by atoms with Crippen LogP contribution in [0.4, 0.5) is 0 Å². The topological polar surface area (TPSA) is 18.5 Å². The minimum absolute atomic E-state index is 0.0492.